The van der Waals surface area contributed by atoms with Crippen LogP contribution in [-0.2, 0) is 11.2 Å². The van der Waals surface area contributed by atoms with E-state index in [0.717, 1.165) is 24.1 Å². The molecule has 0 unspecified atom stereocenters. The summed E-state index contributed by atoms with van der Waals surface area (Å²) >= 11 is 0. The van der Waals surface area contributed by atoms with Crippen LogP contribution in [0.25, 0.3) is 11.3 Å². The van der Waals surface area contributed by atoms with Crippen LogP contribution in [0, 0.1) is 23.6 Å². The van der Waals surface area contributed by atoms with Crippen molar-refractivity contribution in [2.75, 3.05) is 25.5 Å². The normalized spacial score (nSPS) is 20.9. The molecule has 38 heavy (non-hydrogen) atoms. The average Bonchev–Trinajstić information content (AvgIpc) is 3.33. The average molecular weight is 512 g/mol. The van der Waals surface area contributed by atoms with Crippen molar-refractivity contribution >= 4 is 23.2 Å². The summed E-state index contributed by atoms with van der Waals surface area (Å²) in [6.45, 7) is 4.82. The third kappa shape index (κ3) is 3.72. The number of pyridine rings is 1. The maximum atomic E-state index is 14.5. The number of nitrogens with zero attached hydrogens (tertiary/aromatic N) is 2. The molecule has 4 heterocycles. The molecule has 3 N–H and O–H groups in total. The minimum Gasteiger partial charge on any atom is -0.492 e. The van der Waals surface area contributed by atoms with Crippen LogP contribution in [0.15, 0.2) is 49.3 Å². The minimum absolute atomic E-state index is 0.0476. The molecule has 1 aliphatic carbocycles. The quantitative estimate of drug-likeness (QED) is 0.358. The van der Waals surface area contributed by atoms with Gasteiger partial charge in [0.15, 0.2) is 11.6 Å². The predicted octanol–water partition coefficient (Wildman–Crippen LogP) is 3.78. The number of rotatable bonds is 5. The number of amides is 2. The molecule has 0 spiro atoms. The predicted molar refractivity (Wildman–Crippen MR) is 141 cm³/mol. The van der Waals surface area contributed by atoms with Gasteiger partial charge in [-0.05, 0) is 43.0 Å². The van der Waals surface area contributed by atoms with E-state index in [0.29, 0.717) is 53.6 Å². The highest BCUT2D eigenvalue weighted by Gasteiger charge is 2.62. The molecule has 8 nitrogen and oxygen atoms in total. The number of methoxy groups -OCH3 is 1. The van der Waals surface area contributed by atoms with Crippen molar-refractivity contribution in [2.24, 2.45) is 5.92 Å². The minimum atomic E-state index is -0.517. The number of halogens is 1. The number of carbonyl (C=O) groups is 2. The first-order valence-corrected chi connectivity index (χ1v) is 12.5. The fourth-order valence-electron chi connectivity index (χ4n) is 5.65. The molecular weight excluding hydrogens is 485 g/mol. The van der Waals surface area contributed by atoms with Crippen LogP contribution in [0.4, 0.5) is 15.8 Å². The van der Waals surface area contributed by atoms with Crippen LogP contribution in [-0.4, -0.2) is 52.4 Å². The summed E-state index contributed by atoms with van der Waals surface area (Å²) in [6.07, 6.45) is 7.07. The molecule has 3 aromatic rings. The zero-order valence-electron chi connectivity index (χ0n) is 20.9. The van der Waals surface area contributed by atoms with E-state index in [1.807, 2.05) is 11.0 Å². The summed E-state index contributed by atoms with van der Waals surface area (Å²) < 4.78 is 19.8. The Hall–Kier alpha value is -4.58. The van der Waals surface area contributed by atoms with E-state index < -0.39 is 11.4 Å². The summed E-state index contributed by atoms with van der Waals surface area (Å²) in [5.74, 6) is 6.22. The van der Waals surface area contributed by atoms with Gasteiger partial charge in [0.2, 0.25) is 5.91 Å². The number of H-pyrrole nitrogens is 1. The third-order valence-corrected chi connectivity index (χ3v) is 7.60. The molecule has 1 saturated heterocycles. The monoisotopic (exact) mass is 511 g/mol. The number of piperidine rings is 1. The molecule has 2 aromatic heterocycles. The first-order valence-electron chi connectivity index (χ1n) is 12.5. The smallest absolute Gasteiger partial charge is 0.255 e. The number of para-hydroxylation sites is 1. The summed E-state index contributed by atoms with van der Waals surface area (Å²) in [7, 11) is 1.40. The molecule has 1 aromatic carbocycles. The van der Waals surface area contributed by atoms with Crippen LogP contribution in [0.3, 0.4) is 0 Å². The SMILES string of the molecule is C=CC(=O)N1CC[C@H]2C[C@]21C#Cc1cnccc1-c1[nH]c2c(c1Nc1cccc(F)c1OC)C(=O)NCC2. The number of hydrogen-bond donors (Lipinski definition) is 3. The lowest BCUT2D eigenvalue weighted by Gasteiger charge is -2.22. The lowest BCUT2D eigenvalue weighted by molar-refractivity contribution is -0.126. The molecule has 2 atom stereocenters. The number of fused-ring (bicyclic) bond motifs is 2. The van der Waals surface area contributed by atoms with Gasteiger partial charge in [0.25, 0.3) is 5.91 Å². The molecule has 2 aliphatic heterocycles. The van der Waals surface area contributed by atoms with E-state index in [2.05, 4.69) is 39.0 Å². The highest BCUT2D eigenvalue weighted by Crippen LogP contribution is 2.55. The molecule has 9 heteroatoms. The van der Waals surface area contributed by atoms with Crippen LogP contribution >= 0.6 is 0 Å². The fraction of sp³-hybridized carbons (Fsp3) is 0.276. The number of carbonyl (C=O) groups excluding carboxylic acids is 2. The van der Waals surface area contributed by atoms with Gasteiger partial charge < -0.3 is 25.3 Å². The number of anilines is 2. The molecule has 2 amide bonds. The Morgan fingerprint density at radius 2 is 2.26 bits per heavy atom. The first kappa shape index (κ1) is 23.8. The van der Waals surface area contributed by atoms with Gasteiger partial charge in [-0.15, -0.1) is 0 Å². The molecule has 2 fully saturated rings. The Balaban J connectivity index is 1.46. The van der Waals surface area contributed by atoms with E-state index in [9.17, 15) is 14.0 Å². The van der Waals surface area contributed by atoms with Gasteiger partial charge >= 0.3 is 0 Å². The standard InChI is InChI=1S/C29H26FN5O3/c1-3-23(36)35-14-10-18-15-29(18,35)11-7-17-16-31-12-8-19(17)25-26(24-21(33-25)9-13-32-28(24)37)34-22-6-4-5-20(30)27(22)38-2/h3-6,8,12,16,18,33-34H,1,9-10,13-15H2,2H3,(H,32,37)/t18-,29+/m0/s1. The zero-order valence-corrected chi connectivity index (χ0v) is 20.9. The number of hydrogen-bond acceptors (Lipinski definition) is 5. The lowest BCUT2D eigenvalue weighted by atomic mass is 10.0. The highest BCUT2D eigenvalue weighted by molar-refractivity contribution is 6.06. The van der Waals surface area contributed by atoms with Crippen LogP contribution < -0.4 is 15.4 Å². The topological polar surface area (TPSA) is 99.3 Å². The van der Waals surface area contributed by atoms with Crippen molar-refractivity contribution in [3.63, 3.8) is 0 Å². The van der Waals surface area contributed by atoms with Crippen molar-refractivity contribution in [2.45, 2.75) is 24.8 Å². The van der Waals surface area contributed by atoms with E-state index in [4.69, 9.17) is 4.74 Å². The maximum absolute atomic E-state index is 14.5. The largest absolute Gasteiger partial charge is 0.492 e. The molecule has 3 aliphatic rings. The number of nitrogens with one attached hydrogen (secondary N) is 3. The van der Waals surface area contributed by atoms with Gasteiger partial charge in [-0.2, -0.15) is 0 Å². The molecule has 6 rings (SSSR count). The van der Waals surface area contributed by atoms with Crippen molar-refractivity contribution in [1.29, 1.82) is 0 Å². The molecule has 0 radical (unpaired) electrons. The van der Waals surface area contributed by atoms with E-state index >= 15 is 0 Å². The molecule has 192 valence electrons. The second-order valence-corrected chi connectivity index (χ2v) is 9.66. The molecule has 0 bridgehead atoms. The summed E-state index contributed by atoms with van der Waals surface area (Å²) in [5.41, 5.74) is 3.69. The number of benzene rings is 1. The van der Waals surface area contributed by atoms with Gasteiger partial charge in [0, 0.05) is 43.2 Å². The number of aromatic amines is 1. The zero-order chi connectivity index (χ0) is 26.4. The lowest BCUT2D eigenvalue weighted by Crippen LogP contribution is -2.38. The van der Waals surface area contributed by atoms with E-state index in [1.54, 1.807) is 24.5 Å². The van der Waals surface area contributed by atoms with Crippen LogP contribution in [0.5, 0.6) is 5.75 Å². The Morgan fingerprint density at radius 3 is 3.05 bits per heavy atom. The first-order chi connectivity index (χ1) is 18.5. The second kappa shape index (κ2) is 9.06. The van der Waals surface area contributed by atoms with Gasteiger partial charge in [-0.3, -0.25) is 14.6 Å². The van der Waals surface area contributed by atoms with Crippen molar-refractivity contribution in [3.05, 3.63) is 72.0 Å². The Labute approximate surface area is 219 Å². The van der Waals surface area contributed by atoms with E-state index in [-0.39, 0.29) is 17.6 Å². The fourth-order valence-corrected chi connectivity index (χ4v) is 5.65. The summed E-state index contributed by atoms with van der Waals surface area (Å²) in [5, 5.41) is 6.14. The van der Waals surface area contributed by atoms with Gasteiger partial charge in [0.1, 0.15) is 5.54 Å². The van der Waals surface area contributed by atoms with Crippen molar-refractivity contribution < 1.29 is 18.7 Å². The Morgan fingerprint density at radius 1 is 1.39 bits per heavy atom. The Bertz CT molecular complexity index is 1550. The maximum Gasteiger partial charge on any atom is 0.255 e. The molecule has 1 saturated carbocycles. The van der Waals surface area contributed by atoms with Crippen LogP contribution in [0.1, 0.15) is 34.5 Å². The molecular formula is C29H26FN5O3. The third-order valence-electron chi connectivity index (χ3n) is 7.60. The number of likely N-dealkylation sites (tertiary alicyclic amines) is 1. The Kier molecular flexibility index (Phi) is 5.68. The second-order valence-electron chi connectivity index (χ2n) is 9.66. The van der Waals surface area contributed by atoms with Crippen molar-refractivity contribution in [3.8, 4) is 28.8 Å². The van der Waals surface area contributed by atoms with Gasteiger partial charge in [-0.1, -0.05) is 24.5 Å². The summed E-state index contributed by atoms with van der Waals surface area (Å²) in [6, 6.07) is 6.41. The highest BCUT2D eigenvalue weighted by atomic mass is 19.1. The van der Waals surface area contributed by atoms with Crippen molar-refractivity contribution in [1.82, 2.24) is 20.2 Å². The van der Waals surface area contributed by atoms with Gasteiger partial charge in [0.05, 0.1) is 35.3 Å². The van der Waals surface area contributed by atoms with Crippen LogP contribution in [0.2, 0.25) is 0 Å². The van der Waals surface area contributed by atoms with Gasteiger partial charge in [-0.25, -0.2) is 4.39 Å². The summed E-state index contributed by atoms with van der Waals surface area (Å²) in [4.78, 5) is 34.9. The number of aromatic nitrogens is 2. The van der Waals surface area contributed by atoms with E-state index in [1.165, 1.54) is 19.3 Å². The number of ether oxygens (including phenoxy) is 1.